The van der Waals surface area contributed by atoms with Gasteiger partial charge in [-0.3, -0.25) is 0 Å². The van der Waals surface area contributed by atoms with Gasteiger partial charge in [0.05, 0.1) is 29.9 Å². The molecule has 0 aliphatic rings. The first-order valence-corrected chi connectivity index (χ1v) is 14.8. The Morgan fingerprint density at radius 1 is 0.652 bits per heavy atom. The molecule has 0 bridgehead atoms. The van der Waals surface area contributed by atoms with Gasteiger partial charge in [0.25, 0.3) is 11.9 Å². The zero-order valence-electron chi connectivity index (χ0n) is 26.4. The molecule has 5 rings (SSSR count). The molecule has 0 aliphatic heterocycles. The standard InChI is InChI=1S/C30H33Cl2N13O/c1-29(2,3)22-20(40-38-18-12-8-10-16(31)14-18)24(33)44(42-22)26-35-27(37-28(36-26)46-7)45-25(34)21(23(43-45)30(4,5)6)41-39-19-13-9-11-17(32)15-19/h8-15H,33-34H2,1-7H3. The molecule has 0 saturated carbocycles. The van der Waals surface area contributed by atoms with E-state index in [9.17, 15) is 0 Å². The molecule has 0 aliphatic carbocycles. The molecule has 0 fully saturated rings. The maximum atomic E-state index is 6.62. The van der Waals surface area contributed by atoms with Crippen LogP contribution in [0.1, 0.15) is 52.9 Å². The number of rotatable bonds is 7. The number of methoxy groups -OCH3 is 1. The fraction of sp³-hybridized carbons (Fsp3) is 0.300. The van der Waals surface area contributed by atoms with E-state index in [0.717, 1.165) is 0 Å². The molecule has 0 unspecified atom stereocenters. The first-order valence-electron chi connectivity index (χ1n) is 14.1. The van der Waals surface area contributed by atoms with Crippen LogP contribution >= 0.6 is 23.2 Å². The van der Waals surface area contributed by atoms with Crippen LogP contribution < -0.4 is 16.2 Å². The van der Waals surface area contributed by atoms with Crippen LogP contribution in [0.15, 0.2) is 69.0 Å². The van der Waals surface area contributed by atoms with Gasteiger partial charge in [-0.05, 0) is 36.4 Å². The van der Waals surface area contributed by atoms with Crippen LogP contribution in [0.25, 0.3) is 11.9 Å². The number of nitrogen functional groups attached to an aromatic ring is 2. The molecule has 14 nitrogen and oxygen atoms in total. The third kappa shape index (κ3) is 6.82. The smallest absolute Gasteiger partial charge is 0.322 e. The van der Waals surface area contributed by atoms with E-state index < -0.39 is 10.8 Å². The quantitative estimate of drug-likeness (QED) is 0.163. The lowest BCUT2D eigenvalue weighted by Crippen LogP contribution is -2.16. The van der Waals surface area contributed by atoms with Crippen molar-refractivity contribution in [3.63, 3.8) is 0 Å². The molecule has 5 aromatic rings. The van der Waals surface area contributed by atoms with E-state index >= 15 is 0 Å². The van der Waals surface area contributed by atoms with Gasteiger partial charge < -0.3 is 16.2 Å². The number of hydrogen-bond acceptors (Lipinski definition) is 12. The summed E-state index contributed by atoms with van der Waals surface area (Å²) >= 11 is 12.3. The molecule has 0 atom stereocenters. The Kier molecular flexibility index (Phi) is 8.78. The van der Waals surface area contributed by atoms with Crippen LogP contribution in [0.5, 0.6) is 6.01 Å². The monoisotopic (exact) mass is 661 g/mol. The molecular formula is C30H33Cl2N13O. The van der Waals surface area contributed by atoms with Crippen LogP contribution in [-0.2, 0) is 10.8 Å². The number of anilines is 2. The zero-order valence-corrected chi connectivity index (χ0v) is 27.9. The summed E-state index contributed by atoms with van der Waals surface area (Å²) in [6.07, 6.45) is 0. The van der Waals surface area contributed by atoms with Gasteiger partial charge in [0, 0.05) is 20.9 Å². The second-order valence-electron chi connectivity index (χ2n) is 12.3. The van der Waals surface area contributed by atoms with E-state index in [1.807, 2.05) is 41.5 Å². The number of benzene rings is 2. The molecule has 0 amide bonds. The van der Waals surface area contributed by atoms with Gasteiger partial charge in [0.15, 0.2) is 23.0 Å². The molecule has 0 spiro atoms. The van der Waals surface area contributed by atoms with E-state index in [-0.39, 0.29) is 29.5 Å². The van der Waals surface area contributed by atoms with Crippen LogP contribution in [0.4, 0.5) is 34.4 Å². The Labute approximate surface area is 275 Å². The van der Waals surface area contributed by atoms with Crippen molar-refractivity contribution in [2.75, 3.05) is 18.6 Å². The highest BCUT2D eigenvalue weighted by Gasteiger charge is 2.30. The minimum absolute atomic E-state index is 0.0244. The SMILES string of the molecule is COc1nc(-n2nc(C(C)(C)C)c(N=Nc3cccc(Cl)c3)c2N)nc(-n2nc(C(C)(C)C)c(N=Nc3cccc(Cl)c3)c2N)n1. The van der Waals surface area contributed by atoms with Gasteiger partial charge in [0.2, 0.25) is 0 Å². The van der Waals surface area contributed by atoms with Gasteiger partial charge in [-0.25, -0.2) is 0 Å². The van der Waals surface area contributed by atoms with Gasteiger partial charge in [0.1, 0.15) is 0 Å². The van der Waals surface area contributed by atoms with Crippen molar-refractivity contribution in [3.05, 3.63) is 70.0 Å². The summed E-state index contributed by atoms with van der Waals surface area (Å²) in [4.78, 5) is 13.5. The number of halogens is 2. The normalized spacial score (nSPS) is 12.5. The molecule has 4 N–H and O–H groups in total. The van der Waals surface area contributed by atoms with Gasteiger partial charge >= 0.3 is 6.01 Å². The van der Waals surface area contributed by atoms with Gasteiger partial charge in [-0.2, -0.15) is 44.7 Å². The van der Waals surface area contributed by atoms with Crippen molar-refractivity contribution in [1.82, 2.24) is 34.5 Å². The highest BCUT2D eigenvalue weighted by atomic mass is 35.5. The summed E-state index contributed by atoms with van der Waals surface area (Å²) < 4.78 is 8.13. The summed E-state index contributed by atoms with van der Waals surface area (Å²) in [5.74, 6) is 0.385. The van der Waals surface area contributed by atoms with E-state index in [4.69, 9.17) is 49.6 Å². The fourth-order valence-corrected chi connectivity index (χ4v) is 4.64. The maximum absolute atomic E-state index is 6.62. The lowest BCUT2D eigenvalue weighted by Gasteiger charge is -2.15. The largest absolute Gasteiger partial charge is 0.467 e. The van der Waals surface area contributed by atoms with E-state index in [1.165, 1.54) is 16.5 Å². The summed E-state index contributed by atoms with van der Waals surface area (Å²) in [6, 6.07) is 14.0. The van der Waals surface area contributed by atoms with Crippen molar-refractivity contribution >= 4 is 57.6 Å². The van der Waals surface area contributed by atoms with Crippen molar-refractivity contribution in [3.8, 4) is 17.9 Å². The Morgan fingerprint density at radius 3 is 1.41 bits per heavy atom. The van der Waals surface area contributed by atoms with Crippen molar-refractivity contribution in [1.29, 1.82) is 0 Å². The van der Waals surface area contributed by atoms with Crippen LogP contribution in [0.2, 0.25) is 10.0 Å². The highest BCUT2D eigenvalue weighted by molar-refractivity contribution is 6.31. The molecule has 16 heteroatoms. The lowest BCUT2D eigenvalue weighted by molar-refractivity contribution is 0.375. The molecule has 2 aromatic carbocycles. The zero-order chi connectivity index (χ0) is 33.4. The summed E-state index contributed by atoms with van der Waals surface area (Å²) in [5.41, 5.74) is 15.2. The molecule has 0 saturated heterocycles. The number of nitrogens with two attached hydrogens (primary N) is 2. The molecule has 46 heavy (non-hydrogen) atoms. The maximum Gasteiger partial charge on any atom is 0.322 e. The second-order valence-corrected chi connectivity index (χ2v) is 13.1. The Hall–Kier alpha value is -4.95. The van der Waals surface area contributed by atoms with Gasteiger partial charge in [-0.15, -0.1) is 10.2 Å². The predicted octanol–water partition coefficient (Wildman–Crippen LogP) is 8.15. The number of aromatic nitrogens is 7. The highest BCUT2D eigenvalue weighted by Crippen LogP contribution is 2.39. The third-order valence-electron chi connectivity index (χ3n) is 6.51. The summed E-state index contributed by atoms with van der Waals surface area (Å²) in [5, 5.41) is 28.1. The van der Waals surface area contributed by atoms with E-state index in [1.54, 1.807) is 48.5 Å². The van der Waals surface area contributed by atoms with E-state index in [2.05, 4.69) is 35.4 Å². The van der Waals surface area contributed by atoms with Crippen LogP contribution in [-0.4, -0.2) is 41.6 Å². The fourth-order valence-electron chi connectivity index (χ4n) is 4.27. The predicted molar refractivity (Wildman–Crippen MR) is 178 cm³/mol. The Morgan fingerprint density at radius 2 is 1.07 bits per heavy atom. The minimum atomic E-state index is -0.473. The minimum Gasteiger partial charge on any atom is -0.467 e. The van der Waals surface area contributed by atoms with E-state index in [0.29, 0.717) is 44.2 Å². The average molecular weight is 663 g/mol. The van der Waals surface area contributed by atoms with Crippen molar-refractivity contribution in [2.24, 2.45) is 20.5 Å². The molecule has 3 heterocycles. The lowest BCUT2D eigenvalue weighted by atomic mass is 9.91. The molecule has 0 radical (unpaired) electrons. The molecule has 238 valence electrons. The first-order chi connectivity index (χ1) is 21.7. The van der Waals surface area contributed by atoms with Gasteiger partial charge in [-0.1, -0.05) is 76.9 Å². The number of azo groups is 2. The average Bonchev–Trinajstić information content (AvgIpc) is 3.51. The van der Waals surface area contributed by atoms with Crippen molar-refractivity contribution < 1.29 is 4.74 Å². The number of hydrogen-bond donors (Lipinski definition) is 2. The Bertz CT molecular complexity index is 1830. The first kappa shape index (κ1) is 32.4. The second kappa shape index (κ2) is 12.4. The van der Waals surface area contributed by atoms with Crippen LogP contribution in [0.3, 0.4) is 0 Å². The topological polar surface area (TPSA) is 185 Å². The Balaban J connectivity index is 1.64. The van der Waals surface area contributed by atoms with Crippen molar-refractivity contribution in [2.45, 2.75) is 52.4 Å². The van der Waals surface area contributed by atoms with Crippen LogP contribution in [0, 0.1) is 0 Å². The third-order valence-corrected chi connectivity index (χ3v) is 6.98. The summed E-state index contributed by atoms with van der Waals surface area (Å²) in [7, 11) is 1.43. The number of ether oxygens (including phenoxy) is 1. The molecular weight excluding hydrogens is 629 g/mol. The molecule has 3 aromatic heterocycles. The number of nitrogens with zero attached hydrogens (tertiary/aromatic N) is 11. The summed E-state index contributed by atoms with van der Waals surface area (Å²) in [6.45, 7) is 11.9.